The molecule has 0 aliphatic heterocycles. The molecular formula is C12H10N4. The lowest BCUT2D eigenvalue weighted by molar-refractivity contribution is 1.10. The molecule has 3 N–H and O–H groups in total. The van der Waals surface area contributed by atoms with Gasteiger partial charge in [-0.25, -0.2) is 4.98 Å². The Morgan fingerprint density at radius 3 is 2.88 bits per heavy atom. The topological polar surface area (TPSA) is 67.6 Å². The number of para-hydroxylation sites is 1. The Morgan fingerprint density at radius 1 is 1.12 bits per heavy atom. The molecule has 3 aromatic rings. The van der Waals surface area contributed by atoms with Gasteiger partial charge in [-0.15, -0.1) is 0 Å². The summed E-state index contributed by atoms with van der Waals surface area (Å²) in [5.41, 5.74) is 9.47. The highest BCUT2D eigenvalue weighted by molar-refractivity contribution is 5.84. The molecule has 4 heteroatoms. The molecule has 0 amide bonds. The highest BCUT2D eigenvalue weighted by Gasteiger charge is 2.04. The van der Waals surface area contributed by atoms with Crippen molar-refractivity contribution >= 4 is 16.7 Å². The van der Waals surface area contributed by atoms with E-state index in [9.17, 15) is 0 Å². The van der Waals surface area contributed by atoms with E-state index in [1.54, 1.807) is 12.4 Å². The van der Waals surface area contributed by atoms with E-state index >= 15 is 0 Å². The summed E-state index contributed by atoms with van der Waals surface area (Å²) >= 11 is 0. The van der Waals surface area contributed by atoms with Gasteiger partial charge in [-0.3, -0.25) is 5.10 Å². The second-order valence-electron chi connectivity index (χ2n) is 3.62. The number of nitrogen functional groups attached to an aromatic ring is 1. The Bertz CT molecular complexity index is 642. The van der Waals surface area contributed by atoms with Gasteiger partial charge in [0.15, 0.2) is 5.65 Å². The van der Waals surface area contributed by atoms with E-state index in [1.807, 2.05) is 30.3 Å². The van der Waals surface area contributed by atoms with E-state index in [2.05, 4.69) is 15.2 Å². The molecule has 0 atom stereocenters. The summed E-state index contributed by atoms with van der Waals surface area (Å²) in [4.78, 5) is 4.29. The summed E-state index contributed by atoms with van der Waals surface area (Å²) in [6.07, 6.45) is 3.55. The minimum atomic E-state index is 0.757. The number of pyridine rings is 1. The molecule has 0 spiro atoms. The molecule has 1 aromatic carbocycles. The molecule has 0 aliphatic carbocycles. The normalized spacial score (nSPS) is 10.8. The number of H-pyrrole nitrogens is 1. The Morgan fingerprint density at radius 2 is 2.00 bits per heavy atom. The van der Waals surface area contributed by atoms with Gasteiger partial charge in [0.2, 0.25) is 0 Å². The van der Waals surface area contributed by atoms with Crippen LogP contribution < -0.4 is 5.73 Å². The number of hydrogen-bond donors (Lipinski definition) is 2. The van der Waals surface area contributed by atoms with Crippen LogP contribution in [-0.4, -0.2) is 15.2 Å². The molecule has 0 fully saturated rings. The Hall–Kier alpha value is -2.36. The lowest BCUT2D eigenvalue weighted by Crippen LogP contribution is -1.89. The predicted octanol–water partition coefficient (Wildman–Crippen LogP) is 2.21. The molecule has 0 radical (unpaired) electrons. The van der Waals surface area contributed by atoms with Gasteiger partial charge in [0.25, 0.3) is 0 Å². The standard InChI is InChI=1S/C12H10N4/c13-11-4-2-1-3-10(11)8-5-9-7-15-16-12(9)14-6-8/h1-7H,13H2,(H,14,15,16). The zero-order chi connectivity index (χ0) is 11.0. The number of nitrogens with zero attached hydrogens (tertiary/aromatic N) is 2. The summed E-state index contributed by atoms with van der Waals surface area (Å²) in [6.45, 7) is 0. The zero-order valence-corrected chi connectivity index (χ0v) is 8.51. The van der Waals surface area contributed by atoms with E-state index in [-0.39, 0.29) is 0 Å². The first-order chi connectivity index (χ1) is 7.84. The predicted molar refractivity (Wildman–Crippen MR) is 63.7 cm³/mol. The largest absolute Gasteiger partial charge is 0.398 e. The number of aromatic amines is 1. The van der Waals surface area contributed by atoms with Crippen LogP contribution in [0.4, 0.5) is 5.69 Å². The van der Waals surface area contributed by atoms with Gasteiger partial charge in [-0.05, 0) is 12.1 Å². The van der Waals surface area contributed by atoms with Crippen molar-refractivity contribution in [1.82, 2.24) is 15.2 Å². The van der Waals surface area contributed by atoms with Crippen molar-refractivity contribution in [3.63, 3.8) is 0 Å². The van der Waals surface area contributed by atoms with Crippen LogP contribution in [-0.2, 0) is 0 Å². The summed E-state index contributed by atoms with van der Waals surface area (Å²) in [5.74, 6) is 0. The van der Waals surface area contributed by atoms with Gasteiger partial charge in [0, 0.05) is 28.4 Å². The second kappa shape index (κ2) is 3.34. The number of rotatable bonds is 1. The highest BCUT2D eigenvalue weighted by atomic mass is 15.1. The third-order valence-electron chi connectivity index (χ3n) is 2.56. The van der Waals surface area contributed by atoms with Crippen molar-refractivity contribution in [2.24, 2.45) is 0 Å². The van der Waals surface area contributed by atoms with Crippen molar-refractivity contribution in [1.29, 1.82) is 0 Å². The maximum absolute atomic E-state index is 5.92. The summed E-state index contributed by atoms with van der Waals surface area (Å²) in [7, 11) is 0. The van der Waals surface area contributed by atoms with E-state index in [1.165, 1.54) is 0 Å². The van der Waals surface area contributed by atoms with E-state index < -0.39 is 0 Å². The first-order valence-electron chi connectivity index (χ1n) is 4.98. The van der Waals surface area contributed by atoms with Gasteiger partial charge >= 0.3 is 0 Å². The van der Waals surface area contributed by atoms with E-state index in [4.69, 9.17) is 5.73 Å². The van der Waals surface area contributed by atoms with Gasteiger partial charge in [0.1, 0.15) is 0 Å². The Labute approximate surface area is 92.1 Å². The molecular weight excluding hydrogens is 200 g/mol. The first-order valence-corrected chi connectivity index (χ1v) is 4.98. The average Bonchev–Trinajstić information content (AvgIpc) is 2.76. The number of benzene rings is 1. The lowest BCUT2D eigenvalue weighted by Gasteiger charge is -2.04. The number of fused-ring (bicyclic) bond motifs is 1. The summed E-state index contributed by atoms with van der Waals surface area (Å²) < 4.78 is 0. The Kier molecular flexibility index (Phi) is 1.86. The molecule has 2 aromatic heterocycles. The molecule has 78 valence electrons. The maximum Gasteiger partial charge on any atom is 0.155 e. The quantitative estimate of drug-likeness (QED) is 0.605. The van der Waals surface area contributed by atoms with Crippen molar-refractivity contribution < 1.29 is 0 Å². The molecule has 16 heavy (non-hydrogen) atoms. The number of nitrogens with one attached hydrogen (secondary N) is 1. The van der Waals surface area contributed by atoms with Crippen LogP contribution in [0.15, 0.2) is 42.7 Å². The molecule has 0 saturated heterocycles. The maximum atomic E-state index is 5.92. The van der Waals surface area contributed by atoms with Crippen LogP contribution >= 0.6 is 0 Å². The fourth-order valence-electron chi connectivity index (χ4n) is 1.74. The number of anilines is 1. The fraction of sp³-hybridized carbons (Fsp3) is 0. The van der Waals surface area contributed by atoms with Crippen molar-refractivity contribution in [3.05, 3.63) is 42.7 Å². The number of aromatic nitrogens is 3. The molecule has 3 rings (SSSR count). The summed E-state index contributed by atoms with van der Waals surface area (Å²) in [5, 5.41) is 7.75. The van der Waals surface area contributed by atoms with Crippen molar-refractivity contribution in [2.75, 3.05) is 5.73 Å². The Balaban J connectivity index is 2.22. The van der Waals surface area contributed by atoms with Crippen LogP contribution in [0.25, 0.3) is 22.2 Å². The van der Waals surface area contributed by atoms with Crippen molar-refractivity contribution in [3.8, 4) is 11.1 Å². The van der Waals surface area contributed by atoms with Gasteiger partial charge in [-0.2, -0.15) is 5.10 Å². The second-order valence-corrected chi connectivity index (χ2v) is 3.62. The van der Waals surface area contributed by atoms with Crippen LogP contribution in [0.3, 0.4) is 0 Å². The molecule has 0 unspecified atom stereocenters. The van der Waals surface area contributed by atoms with Crippen LogP contribution in [0.5, 0.6) is 0 Å². The van der Waals surface area contributed by atoms with Crippen molar-refractivity contribution in [2.45, 2.75) is 0 Å². The van der Waals surface area contributed by atoms with Crippen LogP contribution in [0.1, 0.15) is 0 Å². The number of hydrogen-bond acceptors (Lipinski definition) is 3. The molecule has 0 saturated carbocycles. The monoisotopic (exact) mass is 210 g/mol. The smallest absolute Gasteiger partial charge is 0.155 e. The minimum absolute atomic E-state index is 0.757. The molecule has 2 heterocycles. The number of nitrogens with two attached hydrogens (primary N) is 1. The molecule has 0 bridgehead atoms. The SMILES string of the molecule is Nc1ccccc1-c1cnc2[nH]ncc2c1. The lowest BCUT2D eigenvalue weighted by atomic mass is 10.1. The third-order valence-corrected chi connectivity index (χ3v) is 2.56. The summed E-state index contributed by atoms with van der Waals surface area (Å²) in [6, 6.07) is 9.78. The van der Waals surface area contributed by atoms with E-state index in [0.717, 1.165) is 27.8 Å². The molecule has 4 nitrogen and oxygen atoms in total. The third kappa shape index (κ3) is 1.32. The van der Waals surface area contributed by atoms with E-state index in [0.29, 0.717) is 0 Å². The first kappa shape index (κ1) is 8.91. The zero-order valence-electron chi connectivity index (χ0n) is 8.51. The highest BCUT2D eigenvalue weighted by Crippen LogP contribution is 2.26. The fourth-order valence-corrected chi connectivity index (χ4v) is 1.74. The average molecular weight is 210 g/mol. The van der Waals surface area contributed by atoms with Crippen LogP contribution in [0.2, 0.25) is 0 Å². The van der Waals surface area contributed by atoms with Gasteiger partial charge in [0.05, 0.1) is 6.20 Å². The van der Waals surface area contributed by atoms with Gasteiger partial charge < -0.3 is 5.73 Å². The molecule has 0 aliphatic rings. The van der Waals surface area contributed by atoms with Gasteiger partial charge in [-0.1, -0.05) is 18.2 Å². The minimum Gasteiger partial charge on any atom is -0.398 e. The van der Waals surface area contributed by atoms with Crippen LogP contribution in [0, 0.1) is 0 Å².